The van der Waals surface area contributed by atoms with Crippen molar-refractivity contribution in [3.63, 3.8) is 0 Å². The highest BCUT2D eigenvalue weighted by molar-refractivity contribution is 5.97. The van der Waals surface area contributed by atoms with E-state index in [0.29, 0.717) is 11.8 Å². The molecule has 0 atom stereocenters. The molecular formula is C64H77N. The number of hydrogen-bond acceptors (Lipinski definition) is 1. The highest BCUT2D eigenvalue weighted by atomic mass is 15.1. The molecule has 8 aliphatic rings. The minimum atomic E-state index is 0.0506. The van der Waals surface area contributed by atoms with Crippen molar-refractivity contribution in [2.75, 3.05) is 4.90 Å². The Hall–Kier alpha value is -4.10. The predicted molar refractivity (Wildman–Crippen MR) is 276 cm³/mol. The first kappa shape index (κ1) is 42.3. The first-order chi connectivity index (χ1) is 30.6. The van der Waals surface area contributed by atoms with Crippen molar-refractivity contribution in [1.29, 1.82) is 0 Å². The maximum Gasteiger partial charge on any atom is 0.0471 e. The van der Waals surface area contributed by atoms with Crippen LogP contribution in [0.15, 0.2) is 91.0 Å². The zero-order valence-electron chi connectivity index (χ0n) is 42.2. The van der Waals surface area contributed by atoms with Gasteiger partial charge in [0, 0.05) is 22.5 Å². The summed E-state index contributed by atoms with van der Waals surface area (Å²) in [5, 5.41) is 0. The van der Waals surface area contributed by atoms with Crippen LogP contribution in [0.3, 0.4) is 0 Å². The average molecular weight is 860 g/mol. The molecule has 338 valence electrons. The number of nitrogens with zero attached hydrogens (tertiary/aromatic N) is 1. The van der Waals surface area contributed by atoms with Gasteiger partial charge in [-0.2, -0.15) is 0 Å². The van der Waals surface area contributed by atoms with Crippen LogP contribution in [0.1, 0.15) is 198 Å². The molecule has 0 aromatic heterocycles. The Balaban J connectivity index is 1.17. The number of benzene rings is 5. The third-order valence-electron chi connectivity index (χ3n) is 20.2. The van der Waals surface area contributed by atoms with E-state index in [-0.39, 0.29) is 37.9 Å². The Morgan fingerprint density at radius 2 is 0.769 bits per heavy atom. The van der Waals surface area contributed by atoms with Gasteiger partial charge < -0.3 is 4.90 Å². The van der Waals surface area contributed by atoms with Gasteiger partial charge in [-0.3, -0.25) is 0 Å². The third-order valence-corrected chi connectivity index (χ3v) is 20.2. The van der Waals surface area contributed by atoms with E-state index in [1.165, 1.54) is 132 Å². The van der Waals surface area contributed by atoms with E-state index in [4.69, 9.17) is 0 Å². The molecule has 0 aliphatic heterocycles. The van der Waals surface area contributed by atoms with Crippen molar-refractivity contribution in [3.8, 4) is 22.3 Å². The summed E-state index contributed by atoms with van der Waals surface area (Å²) in [6, 6.07) is 38.3. The lowest BCUT2D eigenvalue weighted by atomic mass is 9.43. The first-order valence-corrected chi connectivity index (χ1v) is 26.1. The quantitative estimate of drug-likeness (QED) is 0.174. The average Bonchev–Trinajstić information content (AvgIpc) is 3.55. The van der Waals surface area contributed by atoms with Crippen LogP contribution in [-0.4, -0.2) is 0 Å². The fourth-order valence-electron chi connectivity index (χ4n) is 16.2. The van der Waals surface area contributed by atoms with Gasteiger partial charge in [-0.05, 0) is 230 Å². The van der Waals surface area contributed by atoms with E-state index in [0.717, 1.165) is 11.8 Å². The van der Waals surface area contributed by atoms with Gasteiger partial charge in [0.1, 0.15) is 0 Å². The third kappa shape index (κ3) is 6.00. The van der Waals surface area contributed by atoms with Crippen molar-refractivity contribution >= 4 is 17.1 Å². The Morgan fingerprint density at radius 3 is 1.26 bits per heavy atom. The van der Waals surface area contributed by atoms with Gasteiger partial charge in [0.25, 0.3) is 0 Å². The normalized spacial score (nSPS) is 29.4. The summed E-state index contributed by atoms with van der Waals surface area (Å²) in [5.41, 5.74) is 23.2. The molecule has 1 spiro atoms. The first-order valence-electron chi connectivity index (χ1n) is 26.1. The minimum Gasteiger partial charge on any atom is -0.310 e. The Bertz CT molecular complexity index is 2690. The SMILES string of the molecule is CC1(C)CCC(C)(C)c2cc(-c3cc(N(c4ccc5c(c4)C(C)(C)CCC5(C)C)c4ccc5c(c4)C(C)(C)CCC5(C)C)cc4c3-c3ccccc3C43C4CC5CC(C4)CC3C5)ccc21. The number of fused-ring (bicyclic) bond motifs is 6. The van der Waals surface area contributed by atoms with Crippen molar-refractivity contribution < 1.29 is 0 Å². The maximum absolute atomic E-state index is 2.77. The summed E-state index contributed by atoms with van der Waals surface area (Å²) in [5.74, 6) is 3.19. The summed E-state index contributed by atoms with van der Waals surface area (Å²) in [4.78, 5) is 2.73. The maximum atomic E-state index is 2.77. The molecule has 5 aromatic rings. The van der Waals surface area contributed by atoms with Gasteiger partial charge in [-0.1, -0.05) is 138 Å². The Kier molecular flexibility index (Phi) is 8.80. The molecule has 4 bridgehead atoms. The molecule has 0 N–H and O–H groups in total. The zero-order valence-corrected chi connectivity index (χ0v) is 42.2. The molecule has 4 fully saturated rings. The van der Waals surface area contributed by atoms with Crippen molar-refractivity contribution in [2.24, 2.45) is 23.7 Å². The summed E-state index contributed by atoms with van der Waals surface area (Å²) in [6.45, 7) is 29.9. The van der Waals surface area contributed by atoms with E-state index in [1.807, 2.05) is 0 Å². The number of anilines is 3. The van der Waals surface area contributed by atoms with E-state index < -0.39 is 0 Å². The molecule has 0 amide bonds. The molecule has 0 radical (unpaired) electrons. The van der Waals surface area contributed by atoms with Crippen LogP contribution in [0.2, 0.25) is 0 Å². The lowest BCUT2D eigenvalue weighted by molar-refractivity contribution is -0.0399. The molecule has 5 aromatic carbocycles. The number of hydrogen-bond donors (Lipinski definition) is 0. The van der Waals surface area contributed by atoms with Crippen molar-refractivity contribution in [3.05, 3.63) is 136 Å². The van der Waals surface area contributed by atoms with Crippen molar-refractivity contribution in [2.45, 2.75) is 192 Å². The second kappa shape index (κ2) is 13.5. The van der Waals surface area contributed by atoms with E-state index in [2.05, 4.69) is 179 Å². The largest absolute Gasteiger partial charge is 0.310 e. The Labute approximate surface area is 393 Å². The predicted octanol–water partition coefficient (Wildman–Crippen LogP) is 17.6. The van der Waals surface area contributed by atoms with Crippen molar-refractivity contribution in [1.82, 2.24) is 0 Å². The molecule has 1 heteroatoms. The second-order valence-corrected chi connectivity index (χ2v) is 27.0. The molecule has 65 heavy (non-hydrogen) atoms. The fourth-order valence-corrected chi connectivity index (χ4v) is 16.2. The van der Waals surface area contributed by atoms with E-state index in [1.54, 1.807) is 22.3 Å². The summed E-state index contributed by atoms with van der Waals surface area (Å²) in [6.07, 6.45) is 14.3. The lowest BCUT2D eigenvalue weighted by Gasteiger charge is -2.61. The molecule has 8 aliphatic carbocycles. The second-order valence-electron chi connectivity index (χ2n) is 27.0. The summed E-state index contributed by atoms with van der Waals surface area (Å²) in [7, 11) is 0. The molecule has 0 heterocycles. The highest BCUT2D eigenvalue weighted by Gasteiger charge is 2.62. The molecule has 13 rings (SSSR count). The molecular weight excluding hydrogens is 783 g/mol. The Morgan fingerprint density at radius 1 is 0.354 bits per heavy atom. The van der Waals surface area contributed by atoms with Crippen LogP contribution < -0.4 is 4.90 Å². The van der Waals surface area contributed by atoms with Crippen LogP contribution in [0.25, 0.3) is 22.3 Å². The van der Waals surface area contributed by atoms with E-state index in [9.17, 15) is 0 Å². The lowest BCUT2D eigenvalue weighted by Crippen LogP contribution is -2.55. The fraction of sp³-hybridized carbons (Fsp3) is 0.531. The molecule has 4 saturated carbocycles. The van der Waals surface area contributed by atoms with E-state index >= 15 is 0 Å². The van der Waals surface area contributed by atoms with Crippen LogP contribution in [0.4, 0.5) is 17.1 Å². The smallest absolute Gasteiger partial charge is 0.0471 e. The zero-order chi connectivity index (χ0) is 45.4. The van der Waals surface area contributed by atoms with Gasteiger partial charge in [0.2, 0.25) is 0 Å². The van der Waals surface area contributed by atoms with Gasteiger partial charge >= 0.3 is 0 Å². The topological polar surface area (TPSA) is 3.24 Å². The monoisotopic (exact) mass is 860 g/mol. The van der Waals surface area contributed by atoms with Gasteiger partial charge in [-0.15, -0.1) is 0 Å². The van der Waals surface area contributed by atoms with Crippen LogP contribution in [0.5, 0.6) is 0 Å². The summed E-state index contributed by atoms with van der Waals surface area (Å²) < 4.78 is 0. The molecule has 0 saturated heterocycles. The van der Waals surface area contributed by atoms with Crippen LogP contribution in [-0.2, 0) is 37.9 Å². The van der Waals surface area contributed by atoms with Gasteiger partial charge in [-0.25, -0.2) is 0 Å². The van der Waals surface area contributed by atoms with Gasteiger partial charge in [0.05, 0.1) is 0 Å². The molecule has 1 nitrogen and oxygen atoms in total. The highest BCUT2D eigenvalue weighted by Crippen LogP contribution is 2.71. The number of rotatable bonds is 4. The summed E-state index contributed by atoms with van der Waals surface area (Å²) >= 11 is 0. The van der Waals surface area contributed by atoms with Crippen LogP contribution in [0, 0.1) is 23.7 Å². The minimum absolute atomic E-state index is 0.0506. The van der Waals surface area contributed by atoms with Gasteiger partial charge in [0.15, 0.2) is 0 Å². The van der Waals surface area contributed by atoms with Crippen LogP contribution >= 0.6 is 0 Å². The standard InChI is InChI=1S/C64H77N/c1-58(2)23-26-61(7,8)53-34-41(17-20-50(53)58)48-35-46(38-56-57(48)47-15-13-14-16-49(47)64(56)42-30-39-29-40(32-42)33-43(64)31-39)65(44-18-21-51-54(36-44)62(9,10)27-24-59(51,3)4)45-19-22-52-55(37-45)63(11,12)28-25-60(52,5)6/h13-22,34-40,42-43H,23-33H2,1-12H3. The molecule has 0 unspecified atom stereocenters.